The van der Waals surface area contributed by atoms with Gasteiger partial charge in [-0.3, -0.25) is 0 Å². The first-order valence-electron chi connectivity index (χ1n) is 6.22. The summed E-state index contributed by atoms with van der Waals surface area (Å²) in [6, 6.07) is 3.07. The van der Waals surface area contributed by atoms with E-state index in [9.17, 15) is 13.2 Å². The summed E-state index contributed by atoms with van der Waals surface area (Å²) in [4.78, 5) is 11.0. The predicted octanol–water partition coefficient (Wildman–Crippen LogP) is 1.18. The first-order chi connectivity index (χ1) is 9.42. The number of aryl methyl sites for hydroxylation is 1. The van der Waals surface area contributed by atoms with Crippen molar-refractivity contribution >= 4 is 16.0 Å². The van der Waals surface area contributed by atoms with Crippen LogP contribution in [0.3, 0.4) is 0 Å². The molecule has 0 unspecified atom stereocenters. The van der Waals surface area contributed by atoms with E-state index in [1.54, 1.807) is 0 Å². The van der Waals surface area contributed by atoms with Gasteiger partial charge in [-0.1, -0.05) is 6.92 Å². The topological polar surface area (TPSA) is 112 Å². The van der Waals surface area contributed by atoms with Crippen molar-refractivity contribution in [3.05, 3.63) is 18.0 Å². The van der Waals surface area contributed by atoms with Crippen molar-refractivity contribution in [1.82, 2.24) is 9.29 Å². The Labute approximate surface area is 117 Å². The Morgan fingerprint density at radius 3 is 2.80 bits per heavy atom. The summed E-state index contributed by atoms with van der Waals surface area (Å²) in [5, 5.41) is 17.4. The summed E-state index contributed by atoms with van der Waals surface area (Å²) in [7, 11) is -3.74. The Morgan fingerprint density at radius 1 is 1.55 bits per heavy atom. The third-order valence-corrected chi connectivity index (χ3v) is 4.05. The quantitative estimate of drug-likeness (QED) is 0.700. The fourth-order valence-corrected chi connectivity index (χ4v) is 2.81. The predicted molar refractivity (Wildman–Crippen MR) is 71.7 cm³/mol. The number of rotatable bonds is 8. The largest absolute Gasteiger partial charge is 0.477 e. The molecule has 1 aromatic rings. The summed E-state index contributed by atoms with van der Waals surface area (Å²) < 4.78 is 27.7. The van der Waals surface area contributed by atoms with Gasteiger partial charge in [0, 0.05) is 25.7 Å². The zero-order valence-corrected chi connectivity index (χ0v) is 12.0. The second kappa shape index (κ2) is 7.07. The lowest BCUT2D eigenvalue weighted by atomic mass is 10.3. The third-order valence-electron chi connectivity index (χ3n) is 2.62. The molecule has 2 N–H and O–H groups in total. The van der Waals surface area contributed by atoms with Gasteiger partial charge in [-0.15, -0.1) is 0 Å². The molecule has 0 saturated carbocycles. The monoisotopic (exact) mass is 299 g/mol. The van der Waals surface area contributed by atoms with Crippen LogP contribution in [0.25, 0.3) is 0 Å². The van der Waals surface area contributed by atoms with Crippen LogP contribution in [-0.2, 0) is 16.6 Å². The van der Waals surface area contributed by atoms with Gasteiger partial charge < -0.3 is 9.67 Å². The van der Waals surface area contributed by atoms with E-state index in [0.29, 0.717) is 19.4 Å². The lowest BCUT2D eigenvalue weighted by Crippen LogP contribution is -2.24. The number of sulfonamides is 1. The lowest BCUT2D eigenvalue weighted by molar-refractivity contribution is 0.0685. The van der Waals surface area contributed by atoms with E-state index >= 15 is 0 Å². The molecular weight excluding hydrogens is 282 g/mol. The summed E-state index contributed by atoms with van der Waals surface area (Å²) >= 11 is 0. The van der Waals surface area contributed by atoms with Gasteiger partial charge in [-0.25, -0.2) is 17.9 Å². The highest BCUT2D eigenvalue weighted by Gasteiger charge is 2.20. The normalized spacial score (nSPS) is 11.2. The van der Waals surface area contributed by atoms with Crippen LogP contribution < -0.4 is 4.72 Å². The summed E-state index contributed by atoms with van der Waals surface area (Å²) in [6.45, 7) is 2.46. The average molecular weight is 299 g/mol. The Balaban J connectivity index is 2.92. The molecule has 0 bridgehead atoms. The Hall–Kier alpha value is -1.85. The highest BCUT2D eigenvalue weighted by molar-refractivity contribution is 7.89. The molecule has 0 spiro atoms. The molecule has 110 valence electrons. The molecule has 8 heteroatoms. The zero-order chi connectivity index (χ0) is 15.2. The van der Waals surface area contributed by atoms with Crippen LogP contribution in [0.15, 0.2) is 17.2 Å². The fourth-order valence-electron chi connectivity index (χ4n) is 1.69. The molecule has 0 saturated heterocycles. The van der Waals surface area contributed by atoms with Crippen molar-refractivity contribution in [2.45, 2.75) is 37.6 Å². The van der Waals surface area contributed by atoms with E-state index in [-0.39, 0.29) is 23.6 Å². The van der Waals surface area contributed by atoms with E-state index in [2.05, 4.69) is 4.72 Å². The number of nitriles is 1. The summed E-state index contributed by atoms with van der Waals surface area (Å²) in [5.74, 6) is -1.16. The van der Waals surface area contributed by atoms with Gasteiger partial charge in [-0.2, -0.15) is 5.26 Å². The zero-order valence-electron chi connectivity index (χ0n) is 11.2. The Morgan fingerprint density at radius 2 is 2.25 bits per heavy atom. The number of hydrogen-bond donors (Lipinski definition) is 2. The summed E-state index contributed by atoms with van der Waals surface area (Å²) in [5.41, 5.74) is -0.0516. The number of hydrogen-bond acceptors (Lipinski definition) is 4. The van der Waals surface area contributed by atoms with Gasteiger partial charge in [0.15, 0.2) is 0 Å². The van der Waals surface area contributed by atoms with Crippen LogP contribution in [0.5, 0.6) is 0 Å². The number of carboxylic acids is 1. The standard InChI is InChI=1S/C12H17N3O4S/c1-2-7-15-9-10(8-11(15)12(16)17)20(18,19)14-6-4-3-5-13/h8-9,14H,2-4,6-7H2,1H3,(H,16,17). The molecule has 0 fully saturated rings. The molecule has 0 aliphatic carbocycles. The highest BCUT2D eigenvalue weighted by atomic mass is 32.2. The van der Waals surface area contributed by atoms with Gasteiger partial charge >= 0.3 is 5.97 Å². The molecule has 0 aromatic carbocycles. The number of carboxylic acid groups (broad SMARTS) is 1. The average Bonchev–Trinajstić information content (AvgIpc) is 2.80. The minimum atomic E-state index is -3.74. The first kappa shape index (κ1) is 16.2. The molecule has 0 atom stereocenters. The molecule has 1 heterocycles. The van der Waals surface area contributed by atoms with E-state index in [0.717, 1.165) is 6.07 Å². The fraction of sp³-hybridized carbons (Fsp3) is 0.500. The number of carbonyl (C=O) groups is 1. The van der Waals surface area contributed by atoms with Crippen molar-refractivity contribution in [1.29, 1.82) is 5.26 Å². The first-order valence-corrected chi connectivity index (χ1v) is 7.70. The van der Waals surface area contributed by atoms with Crippen molar-refractivity contribution in [2.24, 2.45) is 0 Å². The third kappa shape index (κ3) is 4.08. The second-order valence-corrected chi connectivity index (χ2v) is 5.99. The van der Waals surface area contributed by atoms with E-state index in [1.165, 1.54) is 10.8 Å². The lowest BCUT2D eigenvalue weighted by Gasteiger charge is -2.03. The molecule has 7 nitrogen and oxygen atoms in total. The van der Waals surface area contributed by atoms with Gasteiger partial charge in [0.2, 0.25) is 10.0 Å². The van der Waals surface area contributed by atoms with Gasteiger partial charge in [0.1, 0.15) is 10.6 Å². The van der Waals surface area contributed by atoms with Crippen molar-refractivity contribution in [3.8, 4) is 6.07 Å². The minimum Gasteiger partial charge on any atom is -0.477 e. The van der Waals surface area contributed by atoms with E-state index in [4.69, 9.17) is 10.4 Å². The van der Waals surface area contributed by atoms with Crippen LogP contribution in [-0.4, -0.2) is 30.6 Å². The molecule has 0 aliphatic heterocycles. The minimum absolute atomic E-state index is 0.0516. The van der Waals surface area contributed by atoms with Crippen molar-refractivity contribution < 1.29 is 18.3 Å². The van der Waals surface area contributed by atoms with E-state index in [1.807, 2.05) is 13.0 Å². The smallest absolute Gasteiger partial charge is 0.352 e. The van der Waals surface area contributed by atoms with Gasteiger partial charge in [0.05, 0.1) is 6.07 Å². The molecule has 0 aliphatic rings. The number of nitrogens with zero attached hydrogens (tertiary/aromatic N) is 2. The second-order valence-electron chi connectivity index (χ2n) is 4.22. The molecule has 20 heavy (non-hydrogen) atoms. The molecule has 1 aromatic heterocycles. The maximum absolute atomic E-state index is 12.0. The number of unbranched alkanes of at least 4 members (excludes halogenated alkanes) is 1. The number of aromatic carboxylic acids is 1. The van der Waals surface area contributed by atoms with Crippen LogP contribution in [0.4, 0.5) is 0 Å². The van der Waals surface area contributed by atoms with Crippen LogP contribution in [0.1, 0.15) is 36.7 Å². The van der Waals surface area contributed by atoms with Gasteiger partial charge in [-0.05, 0) is 18.9 Å². The Kier molecular flexibility index (Phi) is 5.73. The SMILES string of the molecule is CCCn1cc(S(=O)(=O)NCCCC#N)cc1C(=O)O. The maximum Gasteiger partial charge on any atom is 0.352 e. The molecular formula is C12H17N3O4S. The summed E-state index contributed by atoms with van der Waals surface area (Å²) in [6.07, 6.45) is 2.69. The van der Waals surface area contributed by atoms with Crippen LogP contribution >= 0.6 is 0 Å². The van der Waals surface area contributed by atoms with Gasteiger partial charge in [0.25, 0.3) is 0 Å². The van der Waals surface area contributed by atoms with Crippen molar-refractivity contribution in [2.75, 3.05) is 6.54 Å². The molecule has 0 amide bonds. The number of nitrogens with one attached hydrogen (secondary N) is 1. The highest BCUT2D eigenvalue weighted by Crippen LogP contribution is 2.15. The molecule has 0 radical (unpaired) electrons. The maximum atomic E-state index is 12.0. The van der Waals surface area contributed by atoms with Crippen LogP contribution in [0, 0.1) is 11.3 Å². The number of aromatic nitrogens is 1. The van der Waals surface area contributed by atoms with Crippen LogP contribution in [0.2, 0.25) is 0 Å². The van der Waals surface area contributed by atoms with E-state index < -0.39 is 16.0 Å². The molecule has 1 rings (SSSR count). The van der Waals surface area contributed by atoms with Crippen molar-refractivity contribution in [3.63, 3.8) is 0 Å². The Bertz CT molecular complexity index is 613.